The molecule has 1 fully saturated rings. The van der Waals surface area contributed by atoms with Crippen molar-refractivity contribution in [2.45, 2.75) is 32.1 Å². The number of likely N-dealkylation sites (tertiary alicyclic amines) is 1. The van der Waals surface area contributed by atoms with Crippen molar-refractivity contribution in [2.75, 3.05) is 26.7 Å². The van der Waals surface area contributed by atoms with E-state index in [0.29, 0.717) is 42.2 Å². The van der Waals surface area contributed by atoms with Crippen LogP contribution < -0.4 is 5.32 Å². The molecule has 3 aromatic rings. The number of piperidine rings is 1. The summed E-state index contributed by atoms with van der Waals surface area (Å²) in [6, 6.07) is 16.5. The SMILES string of the molecule is CCC1CN(C(=NC)NCCc2noc(-c3ccccn3)n2)CCC1c1ccccc1.I. The summed E-state index contributed by atoms with van der Waals surface area (Å²) < 4.78 is 5.34. The second-order valence-corrected chi connectivity index (χ2v) is 7.87. The van der Waals surface area contributed by atoms with Gasteiger partial charge in [-0.2, -0.15) is 4.98 Å². The average molecular weight is 546 g/mol. The number of aliphatic imine (C=N–C) groups is 1. The normalized spacial score (nSPS) is 18.8. The molecule has 0 radical (unpaired) electrons. The first kappa shape index (κ1) is 24.2. The van der Waals surface area contributed by atoms with Crippen LogP contribution in [0.15, 0.2) is 64.2 Å². The smallest absolute Gasteiger partial charge is 0.276 e. The van der Waals surface area contributed by atoms with E-state index in [1.54, 1.807) is 6.20 Å². The molecule has 2 atom stereocenters. The van der Waals surface area contributed by atoms with Crippen LogP contribution in [-0.4, -0.2) is 52.7 Å². The Hall–Kier alpha value is -2.49. The van der Waals surface area contributed by atoms with Crippen molar-refractivity contribution in [3.8, 4) is 11.6 Å². The molecule has 1 aromatic carbocycles. The molecule has 4 rings (SSSR count). The van der Waals surface area contributed by atoms with Gasteiger partial charge in [0.2, 0.25) is 0 Å². The van der Waals surface area contributed by atoms with Gasteiger partial charge >= 0.3 is 0 Å². The highest BCUT2D eigenvalue weighted by atomic mass is 127. The molecule has 0 aliphatic carbocycles. The summed E-state index contributed by atoms with van der Waals surface area (Å²) in [5.74, 6) is 3.29. The van der Waals surface area contributed by atoms with Crippen LogP contribution in [-0.2, 0) is 6.42 Å². The molecular formula is C24H31IN6O. The van der Waals surface area contributed by atoms with Gasteiger partial charge in [-0.3, -0.25) is 9.98 Å². The van der Waals surface area contributed by atoms with Gasteiger partial charge in [0, 0.05) is 39.3 Å². The Labute approximate surface area is 206 Å². The minimum atomic E-state index is 0. The molecule has 1 aliphatic rings. The molecule has 3 heterocycles. The van der Waals surface area contributed by atoms with Gasteiger partial charge in [0.1, 0.15) is 5.69 Å². The van der Waals surface area contributed by atoms with Gasteiger partial charge in [-0.1, -0.05) is 54.9 Å². The predicted molar refractivity (Wildman–Crippen MR) is 137 cm³/mol. The molecule has 1 N–H and O–H groups in total. The summed E-state index contributed by atoms with van der Waals surface area (Å²) in [5.41, 5.74) is 2.15. The van der Waals surface area contributed by atoms with Crippen molar-refractivity contribution in [1.29, 1.82) is 0 Å². The molecule has 170 valence electrons. The van der Waals surface area contributed by atoms with E-state index in [-0.39, 0.29) is 24.0 Å². The highest BCUT2D eigenvalue weighted by molar-refractivity contribution is 14.0. The van der Waals surface area contributed by atoms with Gasteiger partial charge in [-0.15, -0.1) is 24.0 Å². The Balaban J connectivity index is 0.00000289. The van der Waals surface area contributed by atoms with Crippen molar-refractivity contribution in [1.82, 2.24) is 25.3 Å². The van der Waals surface area contributed by atoms with Gasteiger partial charge < -0.3 is 14.7 Å². The zero-order valence-corrected chi connectivity index (χ0v) is 21.0. The highest BCUT2D eigenvalue weighted by Crippen LogP contribution is 2.34. The molecular weight excluding hydrogens is 515 g/mol. The van der Waals surface area contributed by atoms with Gasteiger partial charge in [0.15, 0.2) is 11.8 Å². The van der Waals surface area contributed by atoms with Crippen molar-refractivity contribution < 1.29 is 4.52 Å². The Morgan fingerprint density at radius 3 is 2.72 bits per heavy atom. The van der Waals surface area contributed by atoms with E-state index in [9.17, 15) is 0 Å². The summed E-state index contributed by atoms with van der Waals surface area (Å²) in [5, 5.41) is 7.55. The lowest BCUT2D eigenvalue weighted by atomic mass is 9.79. The van der Waals surface area contributed by atoms with E-state index in [1.807, 2.05) is 25.2 Å². The third-order valence-electron chi connectivity index (χ3n) is 5.98. The second-order valence-electron chi connectivity index (χ2n) is 7.87. The predicted octanol–water partition coefficient (Wildman–Crippen LogP) is 4.38. The fourth-order valence-electron chi connectivity index (χ4n) is 4.34. The van der Waals surface area contributed by atoms with Crippen LogP contribution in [0.5, 0.6) is 0 Å². The van der Waals surface area contributed by atoms with E-state index in [2.05, 4.69) is 67.6 Å². The number of hydrogen-bond donors (Lipinski definition) is 1. The topological polar surface area (TPSA) is 79.4 Å². The molecule has 1 aliphatic heterocycles. The van der Waals surface area contributed by atoms with Crippen LogP contribution >= 0.6 is 24.0 Å². The molecule has 8 heteroatoms. The van der Waals surface area contributed by atoms with Gasteiger partial charge in [0.25, 0.3) is 5.89 Å². The Morgan fingerprint density at radius 2 is 2.00 bits per heavy atom. The van der Waals surface area contributed by atoms with E-state index < -0.39 is 0 Å². The summed E-state index contributed by atoms with van der Waals surface area (Å²) in [4.78, 5) is 15.6. The lowest BCUT2D eigenvalue weighted by Gasteiger charge is -2.40. The number of guanidine groups is 1. The molecule has 1 saturated heterocycles. The molecule has 0 spiro atoms. The van der Waals surface area contributed by atoms with E-state index in [4.69, 9.17) is 4.52 Å². The molecule has 0 saturated carbocycles. The van der Waals surface area contributed by atoms with E-state index in [0.717, 1.165) is 31.9 Å². The maximum absolute atomic E-state index is 5.34. The minimum absolute atomic E-state index is 0. The van der Waals surface area contributed by atoms with Gasteiger partial charge in [-0.25, -0.2) is 0 Å². The number of aromatic nitrogens is 3. The average Bonchev–Trinajstić information content (AvgIpc) is 3.31. The fourth-order valence-corrected chi connectivity index (χ4v) is 4.34. The minimum Gasteiger partial charge on any atom is -0.356 e. The third-order valence-corrected chi connectivity index (χ3v) is 5.98. The van der Waals surface area contributed by atoms with Crippen LogP contribution in [0.25, 0.3) is 11.6 Å². The monoisotopic (exact) mass is 546 g/mol. The van der Waals surface area contributed by atoms with Crippen LogP contribution in [0.4, 0.5) is 0 Å². The molecule has 32 heavy (non-hydrogen) atoms. The van der Waals surface area contributed by atoms with Crippen LogP contribution in [0.1, 0.15) is 37.1 Å². The number of nitrogens with zero attached hydrogens (tertiary/aromatic N) is 5. The molecule has 7 nitrogen and oxygen atoms in total. The van der Waals surface area contributed by atoms with E-state index >= 15 is 0 Å². The summed E-state index contributed by atoms with van der Waals surface area (Å²) in [7, 11) is 1.85. The van der Waals surface area contributed by atoms with Gasteiger partial charge in [-0.05, 0) is 36.0 Å². The number of rotatable bonds is 6. The zero-order chi connectivity index (χ0) is 21.5. The zero-order valence-electron chi connectivity index (χ0n) is 18.6. The first-order chi connectivity index (χ1) is 15.3. The summed E-state index contributed by atoms with van der Waals surface area (Å²) in [6.07, 6.45) is 4.68. The van der Waals surface area contributed by atoms with Crippen LogP contribution in [0.2, 0.25) is 0 Å². The van der Waals surface area contributed by atoms with Gasteiger partial charge in [0.05, 0.1) is 0 Å². The quantitative estimate of drug-likeness (QED) is 0.281. The first-order valence-electron chi connectivity index (χ1n) is 11.0. The molecule has 0 amide bonds. The number of hydrogen-bond acceptors (Lipinski definition) is 5. The number of benzene rings is 1. The van der Waals surface area contributed by atoms with Crippen LogP contribution in [0, 0.1) is 5.92 Å². The maximum Gasteiger partial charge on any atom is 0.276 e. The van der Waals surface area contributed by atoms with Crippen molar-refractivity contribution in [3.05, 3.63) is 66.1 Å². The second kappa shape index (κ2) is 11.9. The maximum atomic E-state index is 5.34. The summed E-state index contributed by atoms with van der Waals surface area (Å²) in [6.45, 7) is 5.00. The molecule has 2 aromatic heterocycles. The highest BCUT2D eigenvalue weighted by Gasteiger charge is 2.30. The van der Waals surface area contributed by atoms with E-state index in [1.165, 1.54) is 5.56 Å². The largest absolute Gasteiger partial charge is 0.356 e. The van der Waals surface area contributed by atoms with Crippen molar-refractivity contribution in [2.24, 2.45) is 10.9 Å². The van der Waals surface area contributed by atoms with Crippen LogP contribution in [0.3, 0.4) is 0 Å². The number of halogens is 1. The van der Waals surface area contributed by atoms with Crippen molar-refractivity contribution >= 4 is 29.9 Å². The Bertz CT molecular complexity index is 978. The van der Waals surface area contributed by atoms with Crippen molar-refractivity contribution in [3.63, 3.8) is 0 Å². The Morgan fingerprint density at radius 1 is 1.19 bits per heavy atom. The lowest BCUT2D eigenvalue weighted by molar-refractivity contribution is 0.216. The molecule has 2 unspecified atom stereocenters. The number of pyridine rings is 1. The third kappa shape index (κ3) is 5.85. The Kier molecular flexibility index (Phi) is 9.01. The first-order valence-corrected chi connectivity index (χ1v) is 11.0. The standard InChI is InChI=1S/C24H30N6O.HI/c1-3-18-17-30(16-13-20(18)19-9-5-4-6-10-19)24(25-2)27-15-12-22-28-23(31-29-22)21-11-7-8-14-26-21;/h4-11,14,18,20H,3,12-13,15-17H2,1-2H3,(H,25,27);1H. The lowest BCUT2D eigenvalue weighted by Crippen LogP contribution is -2.48. The fraction of sp³-hybridized carbons (Fsp3) is 0.417. The molecule has 0 bridgehead atoms. The number of nitrogens with one attached hydrogen (secondary N) is 1. The summed E-state index contributed by atoms with van der Waals surface area (Å²) >= 11 is 0.